The lowest BCUT2D eigenvalue weighted by atomic mass is 9.97. The van der Waals surface area contributed by atoms with Crippen LogP contribution >= 0.6 is 0 Å². The molecule has 1 aliphatic carbocycles. The van der Waals surface area contributed by atoms with E-state index in [4.69, 9.17) is 10.8 Å². The second-order valence-corrected chi connectivity index (χ2v) is 5.40. The molecule has 0 heterocycles. The monoisotopic (exact) mass is 285 g/mol. The maximum Gasteiger partial charge on any atom is 0.326 e. The highest BCUT2D eigenvalue weighted by atomic mass is 16.4. The Hall–Kier alpha value is -1.79. The zero-order chi connectivity index (χ0) is 15.1. The van der Waals surface area contributed by atoms with Crippen LogP contribution in [0.2, 0.25) is 0 Å². The largest absolute Gasteiger partial charge is 0.480 e. The van der Waals surface area contributed by atoms with E-state index in [1.54, 1.807) is 0 Å². The predicted molar refractivity (Wildman–Crippen MR) is 72.9 cm³/mol. The molecule has 0 spiro atoms. The number of primary amides is 1. The molecular weight excluding hydrogens is 262 g/mol. The van der Waals surface area contributed by atoms with Crippen LogP contribution in [-0.4, -0.2) is 35.1 Å². The van der Waals surface area contributed by atoms with Crippen LogP contribution in [0.15, 0.2) is 0 Å². The third-order valence-electron chi connectivity index (χ3n) is 3.69. The van der Waals surface area contributed by atoms with Crippen molar-refractivity contribution < 1.29 is 19.5 Å². The first-order chi connectivity index (χ1) is 9.40. The molecule has 5 N–H and O–H groups in total. The molecule has 0 aromatic heterocycles. The molecule has 0 aromatic carbocycles. The summed E-state index contributed by atoms with van der Waals surface area (Å²) in [6.07, 6.45) is 4.89. The molecule has 1 rings (SSSR count). The van der Waals surface area contributed by atoms with Gasteiger partial charge in [0.05, 0.1) is 6.42 Å². The molecule has 20 heavy (non-hydrogen) atoms. The highest BCUT2D eigenvalue weighted by Crippen LogP contribution is 2.22. The summed E-state index contributed by atoms with van der Waals surface area (Å²) in [6, 6.07) is -1.80. The van der Waals surface area contributed by atoms with Crippen molar-refractivity contribution in [2.45, 2.75) is 57.5 Å². The molecule has 1 aliphatic rings. The van der Waals surface area contributed by atoms with Gasteiger partial charge in [0.1, 0.15) is 6.04 Å². The number of aliphatic carboxylic acids is 1. The van der Waals surface area contributed by atoms with E-state index < -0.39 is 30.4 Å². The van der Waals surface area contributed by atoms with Crippen LogP contribution in [0, 0.1) is 5.92 Å². The van der Waals surface area contributed by atoms with Crippen LogP contribution in [0.4, 0.5) is 4.79 Å². The summed E-state index contributed by atoms with van der Waals surface area (Å²) in [4.78, 5) is 33.5. The number of carboxylic acid groups (broad SMARTS) is 1. The lowest BCUT2D eigenvalue weighted by Gasteiger charge is -2.24. The first-order valence-electron chi connectivity index (χ1n) is 6.98. The summed E-state index contributed by atoms with van der Waals surface area (Å²) in [6.45, 7) is 2.08. The first kappa shape index (κ1) is 16.3. The molecule has 7 heteroatoms. The standard InChI is InChI=1S/C13H23N3O4/c1-8-5-3-2-4-6-9(8)15-13(20)16-10(12(18)19)7-11(14)17/h8-10H,2-7H2,1H3,(H2,14,17)(H,18,19)(H2,15,16,20). The number of carbonyl (C=O) groups is 3. The predicted octanol–water partition coefficient (Wildman–Crippen LogP) is 0.583. The maximum absolute atomic E-state index is 11.8. The highest BCUT2D eigenvalue weighted by molar-refractivity contribution is 5.87. The number of hydrogen-bond acceptors (Lipinski definition) is 3. The van der Waals surface area contributed by atoms with Gasteiger partial charge in [0.2, 0.25) is 5.91 Å². The number of nitrogens with one attached hydrogen (secondary N) is 2. The molecule has 0 bridgehead atoms. The molecule has 1 saturated carbocycles. The molecule has 0 saturated heterocycles. The number of amides is 3. The Kier molecular flexibility index (Phi) is 6.27. The molecule has 7 nitrogen and oxygen atoms in total. The van der Waals surface area contributed by atoms with E-state index in [0.29, 0.717) is 5.92 Å². The highest BCUT2D eigenvalue weighted by Gasteiger charge is 2.25. The summed E-state index contributed by atoms with van der Waals surface area (Å²) in [5.41, 5.74) is 4.96. The van der Waals surface area contributed by atoms with Gasteiger partial charge in [-0.2, -0.15) is 0 Å². The van der Waals surface area contributed by atoms with Gasteiger partial charge in [-0.25, -0.2) is 9.59 Å². The van der Waals surface area contributed by atoms with Crippen molar-refractivity contribution in [2.75, 3.05) is 0 Å². The Labute approximate surface area is 118 Å². The van der Waals surface area contributed by atoms with E-state index in [1.807, 2.05) is 0 Å². The summed E-state index contributed by atoms with van der Waals surface area (Å²) in [5.74, 6) is -1.67. The number of urea groups is 1. The molecule has 0 radical (unpaired) electrons. The van der Waals surface area contributed by atoms with E-state index in [0.717, 1.165) is 32.1 Å². The van der Waals surface area contributed by atoms with Crippen molar-refractivity contribution >= 4 is 17.9 Å². The summed E-state index contributed by atoms with van der Waals surface area (Å²) >= 11 is 0. The summed E-state index contributed by atoms with van der Waals surface area (Å²) < 4.78 is 0. The minimum atomic E-state index is -1.28. The van der Waals surface area contributed by atoms with Gasteiger partial charge < -0.3 is 21.5 Å². The smallest absolute Gasteiger partial charge is 0.326 e. The average Bonchev–Trinajstić information content (AvgIpc) is 2.53. The Morgan fingerprint density at radius 1 is 1.25 bits per heavy atom. The van der Waals surface area contributed by atoms with E-state index in [-0.39, 0.29) is 6.04 Å². The Morgan fingerprint density at radius 3 is 2.50 bits per heavy atom. The SMILES string of the molecule is CC1CCCCCC1NC(=O)NC(CC(N)=O)C(=O)O. The van der Waals surface area contributed by atoms with Crippen molar-refractivity contribution in [1.82, 2.24) is 10.6 Å². The van der Waals surface area contributed by atoms with E-state index in [2.05, 4.69) is 17.6 Å². The van der Waals surface area contributed by atoms with Crippen molar-refractivity contribution in [3.8, 4) is 0 Å². The topological polar surface area (TPSA) is 122 Å². The third kappa shape index (κ3) is 5.46. The Morgan fingerprint density at radius 2 is 1.90 bits per heavy atom. The molecule has 3 atom stereocenters. The number of nitrogens with two attached hydrogens (primary N) is 1. The zero-order valence-corrected chi connectivity index (χ0v) is 11.7. The van der Waals surface area contributed by atoms with Crippen LogP contribution in [0.5, 0.6) is 0 Å². The van der Waals surface area contributed by atoms with Crippen LogP contribution < -0.4 is 16.4 Å². The van der Waals surface area contributed by atoms with Crippen LogP contribution in [0.3, 0.4) is 0 Å². The van der Waals surface area contributed by atoms with Crippen LogP contribution in [-0.2, 0) is 9.59 Å². The quantitative estimate of drug-likeness (QED) is 0.552. The van der Waals surface area contributed by atoms with Crippen molar-refractivity contribution in [3.63, 3.8) is 0 Å². The Bertz CT molecular complexity index is 373. The number of hydrogen-bond donors (Lipinski definition) is 4. The van der Waals surface area contributed by atoms with Crippen molar-refractivity contribution in [1.29, 1.82) is 0 Å². The first-order valence-corrected chi connectivity index (χ1v) is 6.98. The van der Waals surface area contributed by atoms with Gasteiger partial charge in [-0.1, -0.05) is 26.2 Å². The molecule has 3 unspecified atom stereocenters. The van der Waals surface area contributed by atoms with Gasteiger partial charge in [-0.05, 0) is 18.8 Å². The van der Waals surface area contributed by atoms with Gasteiger partial charge in [0, 0.05) is 6.04 Å². The second kappa shape index (κ2) is 7.72. The third-order valence-corrected chi connectivity index (χ3v) is 3.69. The maximum atomic E-state index is 11.8. The normalized spacial score (nSPS) is 24.2. The molecule has 1 fully saturated rings. The molecule has 0 aromatic rings. The van der Waals surface area contributed by atoms with Gasteiger partial charge in [0.25, 0.3) is 0 Å². The average molecular weight is 285 g/mol. The fourth-order valence-corrected chi connectivity index (χ4v) is 2.48. The van der Waals surface area contributed by atoms with Gasteiger partial charge >= 0.3 is 12.0 Å². The van der Waals surface area contributed by atoms with Crippen LogP contribution in [0.1, 0.15) is 45.4 Å². The van der Waals surface area contributed by atoms with E-state index >= 15 is 0 Å². The minimum absolute atomic E-state index is 0.0422. The molecule has 3 amide bonds. The summed E-state index contributed by atoms with van der Waals surface area (Å²) in [7, 11) is 0. The lowest BCUT2D eigenvalue weighted by Crippen LogP contribution is -2.51. The number of rotatable bonds is 5. The zero-order valence-electron chi connectivity index (χ0n) is 11.7. The van der Waals surface area contributed by atoms with Gasteiger partial charge in [-0.15, -0.1) is 0 Å². The minimum Gasteiger partial charge on any atom is -0.480 e. The number of carboxylic acids is 1. The summed E-state index contributed by atoms with van der Waals surface area (Å²) in [5, 5.41) is 14.0. The van der Waals surface area contributed by atoms with Gasteiger partial charge in [0.15, 0.2) is 0 Å². The molecular formula is C13H23N3O4. The van der Waals surface area contributed by atoms with Crippen LogP contribution in [0.25, 0.3) is 0 Å². The lowest BCUT2D eigenvalue weighted by molar-refractivity contribution is -0.140. The van der Waals surface area contributed by atoms with E-state index in [9.17, 15) is 14.4 Å². The second-order valence-electron chi connectivity index (χ2n) is 5.40. The Balaban J connectivity index is 2.51. The van der Waals surface area contributed by atoms with E-state index in [1.165, 1.54) is 0 Å². The molecule has 114 valence electrons. The van der Waals surface area contributed by atoms with Gasteiger partial charge in [-0.3, -0.25) is 4.79 Å². The fraction of sp³-hybridized carbons (Fsp3) is 0.769. The number of carbonyl (C=O) groups excluding carboxylic acids is 2. The molecule has 0 aliphatic heterocycles. The fourth-order valence-electron chi connectivity index (χ4n) is 2.48. The van der Waals surface area contributed by atoms with Crippen molar-refractivity contribution in [3.05, 3.63) is 0 Å². The van der Waals surface area contributed by atoms with Crippen molar-refractivity contribution in [2.24, 2.45) is 11.7 Å².